The fraction of sp³-hybridized carbons (Fsp3) is 0.438. The number of hydrogen-bond acceptors (Lipinski definition) is 4. The van der Waals surface area contributed by atoms with Gasteiger partial charge >= 0.3 is 6.03 Å². The van der Waals surface area contributed by atoms with Gasteiger partial charge in [-0.25, -0.2) is 9.18 Å². The van der Waals surface area contributed by atoms with Gasteiger partial charge in [-0.2, -0.15) is 11.8 Å². The maximum absolute atomic E-state index is 12.8. The molecule has 0 radical (unpaired) electrons. The van der Waals surface area contributed by atoms with Crippen LogP contribution in [0.1, 0.15) is 29.6 Å². The first-order chi connectivity index (χ1) is 11.5. The van der Waals surface area contributed by atoms with Crippen LogP contribution < -0.4 is 16.0 Å². The highest BCUT2D eigenvalue weighted by molar-refractivity contribution is 8.00. The zero-order valence-corrected chi connectivity index (χ0v) is 13.7. The van der Waals surface area contributed by atoms with Crippen molar-refractivity contribution in [3.63, 3.8) is 0 Å². The average molecular weight is 350 g/mol. The molecule has 8 heteroatoms. The molecule has 6 nitrogen and oxygen atoms in total. The molecule has 2 heterocycles. The standard InChI is InChI=1S/C16H18FN3O3S/c17-10-6-4-9(5-7-10)15(22)19-13(21)3-1-2-12-14-11(8-24-12)18-16(23)20-14/h4-7,11-12,14H,1-3,8H2,(H2,18,20,23)(H,19,21,22)/t11-,12-,14-/m0/s1/i17-1. The van der Waals surface area contributed by atoms with Gasteiger partial charge < -0.3 is 10.6 Å². The molecule has 2 aliphatic heterocycles. The Hall–Kier alpha value is -2.09. The van der Waals surface area contributed by atoms with E-state index in [1.165, 1.54) is 24.3 Å². The molecular weight excluding hydrogens is 332 g/mol. The third kappa shape index (κ3) is 3.87. The first-order valence-electron chi connectivity index (χ1n) is 7.81. The van der Waals surface area contributed by atoms with Crippen LogP contribution in [0, 0.1) is 5.82 Å². The molecule has 3 rings (SSSR count). The molecule has 128 valence electrons. The van der Waals surface area contributed by atoms with Crippen LogP contribution in [0.5, 0.6) is 0 Å². The van der Waals surface area contributed by atoms with Gasteiger partial charge in [0.25, 0.3) is 5.91 Å². The summed E-state index contributed by atoms with van der Waals surface area (Å²) in [5, 5.41) is 8.37. The van der Waals surface area contributed by atoms with Gasteiger partial charge in [-0.3, -0.25) is 14.9 Å². The Morgan fingerprint density at radius 1 is 1.25 bits per heavy atom. The highest BCUT2D eigenvalue weighted by atomic mass is 32.2. The predicted molar refractivity (Wildman–Crippen MR) is 88.2 cm³/mol. The molecule has 24 heavy (non-hydrogen) atoms. The number of fused-ring (bicyclic) bond motifs is 1. The monoisotopic (exact) mass is 350 g/mol. The number of nitrogens with one attached hydrogen (secondary N) is 3. The minimum atomic E-state index is -0.525. The third-order valence-electron chi connectivity index (χ3n) is 4.19. The molecule has 1 aromatic carbocycles. The number of halogens is 1. The lowest BCUT2D eigenvalue weighted by molar-refractivity contribution is -0.120. The van der Waals surface area contributed by atoms with Crippen molar-refractivity contribution in [1.82, 2.24) is 16.0 Å². The lowest BCUT2D eigenvalue weighted by Crippen LogP contribution is -2.37. The van der Waals surface area contributed by atoms with Crippen molar-refractivity contribution in [2.75, 3.05) is 5.75 Å². The van der Waals surface area contributed by atoms with Crippen molar-refractivity contribution in [2.24, 2.45) is 0 Å². The second kappa shape index (κ2) is 7.21. The van der Waals surface area contributed by atoms with Crippen LogP contribution in [0.4, 0.5) is 9.18 Å². The summed E-state index contributed by atoms with van der Waals surface area (Å²) >= 11 is 1.79. The summed E-state index contributed by atoms with van der Waals surface area (Å²) in [4.78, 5) is 35.0. The lowest BCUT2D eigenvalue weighted by atomic mass is 10.0. The molecule has 3 N–H and O–H groups in total. The fourth-order valence-corrected chi connectivity index (χ4v) is 4.51. The Morgan fingerprint density at radius 3 is 2.75 bits per heavy atom. The van der Waals surface area contributed by atoms with E-state index in [4.69, 9.17) is 0 Å². The lowest BCUT2D eigenvalue weighted by Gasteiger charge is -2.16. The van der Waals surface area contributed by atoms with Gasteiger partial charge in [-0.15, -0.1) is 0 Å². The van der Waals surface area contributed by atoms with Crippen LogP contribution in [-0.4, -0.2) is 40.9 Å². The summed E-state index contributed by atoms with van der Waals surface area (Å²) in [5.74, 6) is -0.428. The van der Waals surface area contributed by atoms with E-state index < -0.39 is 11.7 Å². The minimum Gasteiger partial charge on any atom is -0.332 e. The summed E-state index contributed by atoms with van der Waals surface area (Å²) in [5.41, 5.74) is 0.249. The average Bonchev–Trinajstić information content (AvgIpc) is 3.08. The van der Waals surface area contributed by atoms with Gasteiger partial charge in [-0.05, 0) is 37.1 Å². The number of benzene rings is 1. The van der Waals surface area contributed by atoms with Crippen LogP contribution in [0.25, 0.3) is 0 Å². The Labute approximate surface area is 142 Å². The van der Waals surface area contributed by atoms with Gasteiger partial charge in [0.1, 0.15) is 5.82 Å². The number of urea groups is 1. The van der Waals surface area contributed by atoms with E-state index in [0.29, 0.717) is 6.42 Å². The third-order valence-corrected chi connectivity index (χ3v) is 5.70. The number of carbonyl (C=O) groups is 3. The van der Waals surface area contributed by atoms with Crippen LogP contribution in [0.15, 0.2) is 24.3 Å². The molecule has 2 saturated heterocycles. The van der Waals surface area contributed by atoms with E-state index >= 15 is 0 Å². The highest BCUT2D eigenvalue weighted by Gasteiger charge is 2.42. The number of hydrogen-bond donors (Lipinski definition) is 3. The molecular formula is C16H18FN3O3S. The molecule has 0 saturated carbocycles. The minimum absolute atomic E-state index is 0.117. The zero-order chi connectivity index (χ0) is 17.1. The van der Waals surface area contributed by atoms with E-state index in [1.807, 2.05) is 0 Å². The van der Waals surface area contributed by atoms with Crippen molar-refractivity contribution >= 4 is 29.6 Å². The van der Waals surface area contributed by atoms with Gasteiger partial charge in [0.05, 0.1) is 12.1 Å². The number of carbonyl (C=O) groups excluding carboxylic acids is 3. The van der Waals surface area contributed by atoms with Crippen LogP contribution in [0.3, 0.4) is 0 Å². The number of thioether (sulfide) groups is 1. The summed E-state index contributed by atoms with van der Waals surface area (Å²) in [6.07, 6.45) is 1.67. The van der Waals surface area contributed by atoms with Gasteiger partial charge in [0.2, 0.25) is 5.91 Å². The van der Waals surface area contributed by atoms with Crippen molar-refractivity contribution in [1.29, 1.82) is 0 Å². The summed E-state index contributed by atoms with van der Waals surface area (Å²) in [6, 6.07) is 5.19. The first-order valence-corrected chi connectivity index (χ1v) is 8.86. The topological polar surface area (TPSA) is 87.3 Å². The van der Waals surface area contributed by atoms with Crippen LogP contribution in [0.2, 0.25) is 0 Å². The van der Waals surface area contributed by atoms with Crippen LogP contribution in [-0.2, 0) is 4.79 Å². The SMILES string of the molecule is O=C(CCC[C@@H]1SC[C@@H]2NC(=O)N[C@@H]21)NC(=O)c1ccc([18F])cc1. The van der Waals surface area contributed by atoms with E-state index in [0.717, 1.165) is 12.2 Å². The second-order valence-corrected chi connectivity index (χ2v) is 7.17. The predicted octanol–water partition coefficient (Wildman–Crippen LogP) is 1.42. The largest absolute Gasteiger partial charge is 0.332 e. The molecule has 1 aromatic rings. The molecule has 3 atom stereocenters. The number of amides is 4. The van der Waals surface area contributed by atoms with E-state index in [9.17, 15) is 18.8 Å². The highest BCUT2D eigenvalue weighted by Crippen LogP contribution is 2.32. The van der Waals surface area contributed by atoms with Crippen molar-refractivity contribution in [3.8, 4) is 0 Å². The zero-order valence-electron chi connectivity index (χ0n) is 12.9. The van der Waals surface area contributed by atoms with Gasteiger partial charge in [0.15, 0.2) is 0 Å². The molecule has 0 spiro atoms. The van der Waals surface area contributed by atoms with E-state index in [-0.39, 0.29) is 41.3 Å². The molecule has 0 bridgehead atoms. The number of rotatable bonds is 5. The Kier molecular flexibility index (Phi) is 5.03. The molecule has 4 amide bonds. The maximum Gasteiger partial charge on any atom is 0.315 e. The molecule has 2 fully saturated rings. The fourth-order valence-electron chi connectivity index (χ4n) is 2.97. The van der Waals surface area contributed by atoms with Crippen molar-refractivity contribution in [3.05, 3.63) is 35.6 Å². The summed E-state index contributed by atoms with van der Waals surface area (Å²) in [6.45, 7) is 0. The molecule has 0 aliphatic carbocycles. The first kappa shape index (κ1) is 16.8. The molecule has 0 aromatic heterocycles. The van der Waals surface area contributed by atoms with E-state index in [1.54, 1.807) is 11.8 Å². The van der Waals surface area contributed by atoms with Gasteiger partial charge in [0, 0.05) is 23.0 Å². The smallest absolute Gasteiger partial charge is 0.315 e. The second-order valence-electron chi connectivity index (χ2n) is 5.90. The van der Waals surface area contributed by atoms with Gasteiger partial charge in [-0.1, -0.05) is 0 Å². The van der Waals surface area contributed by atoms with Crippen molar-refractivity contribution < 1.29 is 18.8 Å². The quantitative estimate of drug-likeness (QED) is 0.701. The number of imide groups is 1. The summed E-state index contributed by atoms with van der Waals surface area (Å²) in [7, 11) is 0. The molecule has 0 unspecified atom stereocenters. The van der Waals surface area contributed by atoms with E-state index in [2.05, 4.69) is 16.0 Å². The normalized spacial score (nSPS) is 24.9. The Morgan fingerprint density at radius 2 is 2.00 bits per heavy atom. The van der Waals surface area contributed by atoms with Crippen molar-refractivity contribution in [2.45, 2.75) is 36.6 Å². The molecule has 2 aliphatic rings. The van der Waals surface area contributed by atoms with Crippen LogP contribution >= 0.6 is 11.8 Å². The Bertz CT molecular complexity index is 652. The summed E-state index contributed by atoms with van der Waals surface area (Å²) < 4.78 is 12.8. The maximum atomic E-state index is 12.8. The Balaban J connectivity index is 1.40.